The third kappa shape index (κ3) is 4.45. The summed E-state index contributed by atoms with van der Waals surface area (Å²) in [5.74, 6) is 0.584. The summed E-state index contributed by atoms with van der Waals surface area (Å²) in [4.78, 5) is 12.1. The molecule has 0 radical (unpaired) electrons. The quantitative estimate of drug-likeness (QED) is 0.688. The van der Waals surface area contributed by atoms with Gasteiger partial charge in [0.2, 0.25) is 11.1 Å². The minimum Gasteiger partial charge on any atom is -0.326 e. The zero-order valence-electron chi connectivity index (χ0n) is 14.1. The molecular formula is C18H19N5OS. The van der Waals surface area contributed by atoms with Crippen molar-refractivity contribution in [2.75, 3.05) is 11.1 Å². The number of aryl methyl sites for hydroxylation is 2. The second kappa shape index (κ2) is 7.94. The standard InChI is InChI=1S/C18H19N5OS/c1-13-6-5-8-15(12-13)23-18(20-21-22-23)25-11-10-17(24)19-16-9-4-3-7-14(16)2/h3-9,12H,10-11H2,1-2H3,(H,19,24). The number of rotatable bonds is 6. The van der Waals surface area contributed by atoms with Gasteiger partial charge < -0.3 is 5.32 Å². The number of para-hydroxylation sites is 1. The monoisotopic (exact) mass is 353 g/mol. The van der Waals surface area contributed by atoms with E-state index in [0.29, 0.717) is 17.3 Å². The van der Waals surface area contributed by atoms with Gasteiger partial charge in [-0.2, -0.15) is 4.68 Å². The van der Waals surface area contributed by atoms with Crippen molar-refractivity contribution in [1.29, 1.82) is 0 Å². The molecule has 0 aliphatic heterocycles. The van der Waals surface area contributed by atoms with Gasteiger partial charge in [0.1, 0.15) is 0 Å². The van der Waals surface area contributed by atoms with Crippen molar-refractivity contribution in [1.82, 2.24) is 20.2 Å². The second-order valence-electron chi connectivity index (χ2n) is 5.67. The fourth-order valence-electron chi connectivity index (χ4n) is 2.35. The molecule has 0 fully saturated rings. The van der Waals surface area contributed by atoms with Crippen LogP contribution in [-0.2, 0) is 4.79 Å². The van der Waals surface area contributed by atoms with Gasteiger partial charge in [0.05, 0.1) is 5.69 Å². The number of benzene rings is 2. The molecule has 128 valence electrons. The van der Waals surface area contributed by atoms with E-state index in [9.17, 15) is 4.79 Å². The van der Waals surface area contributed by atoms with Crippen molar-refractivity contribution in [3.63, 3.8) is 0 Å². The van der Waals surface area contributed by atoms with Gasteiger partial charge >= 0.3 is 0 Å². The zero-order chi connectivity index (χ0) is 17.6. The average molecular weight is 353 g/mol. The molecule has 3 aromatic rings. The Hall–Kier alpha value is -2.67. The predicted octanol–water partition coefficient (Wildman–Crippen LogP) is 3.40. The normalized spacial score (nSPS) is 10.6. The van der Waals surface area contributed by atoms with E-state index in [1.54, 1.807) is 4.68 Å². The van der Waals surface area contributed by atoms with E-state index in [1.165, 1.54) is 11.8 Å². The third-order valence-electron chi connectivity index (χ3n) is 3.67. The maximum atomic E-state index is 12.1. The molecule has 0 spiro atoms. The van der Waals surface area contributed by atoms with Crippen molar-refractivity contribution in [2.45, 2.75) is 25.4 Å². The lowest BCUT2D eigenvalue weighted by Gasteiger charge is -2.08. The summed E-state index contributed by atoms with van der Waals surface area (Å²) in [7, 11) is 0. The first kappa shape index (κ1) is 17.2. The Morgan fingerprint density at radius 3 is 2.80 bits per heavy atom. The molecule has 0 atom stereocenters. The number of nitrogens with one attached hydrogen (secondary N) is 1. The molecule has 0 aliphatic carbocycles. The van der Waals surface area contributed by atoms with E-state index >= 15 is 0 Å². The van der Waals surface area contributed by atoms with Gasteiger partial charge in [0.25, 0.3) is 0 Å². The molecule has 1 heterocycles. The van der Waals surface area contributed by atoms with Gasteiger partial charge in [-0.1, -0.05) is 42.1 Å². The lowest BCUT2D eigenvalue weighted by molar-refractivity contribution is -0.115. The number of hydrogen-bond donors (Lipinski definition) is 1. The van der Waals surface area contributed by atoms with Crippen LogP contribution in [-0.4, -0.2) is 31.9 Å². The predicted molar refractivity (Wildman–Crippen MR) is 99.0 cm³/mol. The largest absolute Gasteiger partial charge is 0.326 e. The van der Waals surface area contributed by atoms with Crippen molar-refractivity contribution in [3.05, 3.63) is 59.7 Å². The first-order valence-corrected chi connectivity index (χ1v) is 8.96. The van der Waals surface area contributed by atoms with Gasteiger partial charge in [-0.05, 0) is 53.6 Å². The Labute approximate surface area is 150 Å². The van der Waals surface area contributed by atoms with Crippen LogP contribution in [0.4, 0.5) is 5.69 Å². The number of hydrogen-bond acceptors (Lipinski definition) is 5. The number of amides is 1. The molecule has 0 saturated carbocycles. The van der Waals surface area contributed by atoms with Gasteiger partial charge in [0, 0.05) is 17.9 Å². The van der Waals surface area contributed by atoms with Crippen LogP contribution < -0.4 is 5.32 Å². The van der Waals surface area contributed by atoms with Crippen LogP contribution >= 0.6 is 11.8 Å². The third-order valence-corrected chi connectivity index (χ3v) is 4.59. The Morgan fingerprint density at radius 2 is 2.00 bits per heavy atom. The summed E-state index contributed by atoms with van der Waals surface area (Å²) < 4.78 is 1.69. The van der Waals surface area contributed by atoms with Crippen LogP contribution in [0.3, 0.4) is 0 Å². The van der Waals surface area contributed by atoms with Crippen LogP contribution in [0.15, 0.2) is 53.7 Å². The maximum Gasteiger partial charge on any atom is 0.225 e. The highest BCUT2D eigenvalue weighted by molar-refractivity contribution is 7.99. The van der Waals surface area contributed by atoms with E-state index in [4.69, 9.17) is 0 Å². The Morgan fingerprint density at radius 1 is 1.16 bits per heavy atom. The first-order chi connectivity index (χ1) is 12.1. The summed E-state index contributed by atoms with van der Waals surface area (Å²) in [6.45, 7) is 4.00. The molecule has 25 heavy (non-hydrogen) atoms. The number of carbonyl (C=O) groups is 1. The smallest absolute Gasteiger partial charge is 0.225 e. The van der Waals surface area contributed by atoms with E-state index < -0.39 is 0 Å². The average Bonchev–Trinajstić information content (AvgIpc) is 3.05. The van der Waals surface area contributed by atoms with E-state index in [1.807, 2.05) is 62.4 Å². The first-order valence-electron chi connectivity index (χ1n) is 7.97. The molecule has 0 aliphatic rings. The Bertz CT molecular complexity index is 877. The van der Waals surface area contributed by atoms with Gasteiger partial charge in [-0.3, -0.25) is 4.79 Å². The van der Waals surface area contributed by atoms with Crippen molar-refractivity contribution < 1.29 is 4.79 Å². The topological polar surface area (TPSA) is 72.7 Å². The molecule has 2 aromatic carbocycles. The SMILES string of the molecule is Cc1cccc(-n2nnnc2SCCC(=O)Nc2ccccc2C)c1. The summed E-state index contributed by atoms with van der Waals surface area (Å²) in [5, 5.41) is 15.4. The van der Waals surface area contributed by atoms with Gasteiger partial charge in [0.15, 0.2) is 0 Å². The van der Waals surface area contributed by atoms with E-state index in [-0.39, 0.29) is 5.91 Å². The molecule has 0 saturated heterocycles. The molecule has 1 amide bonds. The number of tetrazole rings is 1. The number of anilines is 1. The number of carbonyl (C=O) groups excluding carboxylic acids is 1. The lowest BCUT2D eigenvalue weighted by Crippen LogP contribution is -2.13. The second-order valence-corrected chi connectivity index (χ2v) is 6.74. The Kier molecular flexibility index (Phi) is 5.45. The van der Waals surface area contributed by atoms with Crippen LogP contribution in [0.5, 0.6) is 0 Å². The highest BCUT2D eigenvalue weighted by Crippen LogP contribution is 2.20. The molecule has 0 unspecified atom stereocenters. The van der Waals surface area contributed by atoms with Gasteiger partial charge in [-0.15, -0.1) is 5.10 Å². The highest BCUT2D eigenvalue weighted by Gasteiger charge is 2.11. The molecule has 0 bridgehead atoms. The summed E-state index contributed by atoms with van der Waals surface area (Å²) in [6.07, 6.45) is 0.389. The van der Waals surface area contributed by atoms with E-state index in [2.05, 4.69) is 20.8 Å². The molecule has 7 heteroatoms. The fourth-order valence-corrected chi connectivity index (χ4v) is 3.18. The highest BCUT2D eigenvalue weighted by atomic mass is 32.2. The fraction of sp³-hybridized carbons (Fsp3) is 0.222. The minimum atomic E-state index is -0.0172. The molecule has 6 nitrogen and oxygen atoms in total. The number of nitrogens with zero attached hydrogens (tertiary/aromatic N) is 4. The number of aromatic nitrogens is 4. The van der Waals surface area contributed by atoms with Crippen LogP contribution in [0, 0.1) is 13.8 Å². The summed E-state index contributed by atoms with van der Waals surface area (Å²) >= 11 is 1.46. The number of thioether (sulfide) groups is 1. The van der Waals surface area contributed by atoms with E-state index in [0.717, 1.165) is 22.5 Å². The summed E-state index contributed by atoms with van der Waals surface area (Å²) in [5.41, 5.74) is 3.95. The molecule has 1 aromatic heterocycles. The summed E-state index contributed by atoms with van der Waals surface area (Å²) in [6, 6.07) is 15.7. The molecule has 3 rings (SSSR count). The molecular weight excluding hydrogens is 334 g/mol. The minimum absolute atomic E-state index is 0.0172. The van der Waals surface area contributed by atoms with Crippen molar-refractivity contribution in [3.8, 4) is 5.69 Å². The van der Waals surface area contributed by atoms with Crippen molar-refractivity contribution in [2.24, 2.45) is 0 Å². The molecule has 1 N–H and O–H groups in total. The van der Waals surface area contributed by atoms with Crippen LogP contribution in [0.25, 0.3) is 5.69 Å². The zero-order valence-corrected chi connectivity index (χ0v) is 15.0. The Balaban J connectivity index is 1.57. The lowest BCUT2D eigenvalue weighted by atomic mass is 10.2. The van der Waals surface area contributed by atoms with Crippen LogP contribution in [0.2, 0.25) is 0 Å². The maximum absolute atomic E-state index is 12.1. The van der Waals surface area contributed by atoms with Crippen LogP contribution in [0.1, 0.15) is 17.5 Å². The van der Waals surface area contributed by atoms with Gasteiger partial charge in [-0.25, -0.2) is 0 Å². The van der Waals surface area contributed by atoms with Crippen molar-refractivity contribution >= 4 is 23.4 Å².